The van der Waals surface area contributed by atoms with Crippen molar-refractivity contribution in [2.75, 3.05) is 6.54 Å². The van der Waals surface area contributed by atoms with Gasteiger partial charge >= 0.3 is 0 Å². The van der Waals surface area contributed by atoms with Crippen LogP contribution in [0.3, 0.4) is 0 Å². The first-order chi connectivity index (χ1) is 10.8. The van der Waals surface area contributed by atoms with Gasteiger partial charge < -0.3 is 5.73 Å². The topological polar surface area (TPSA) is 26.0 Å². The number of benzene rings is 2. The molecule has 0 saturated carbocycles. The zero-order chi connectivity index (χ0) is 16.2. The van der Waals surface area contributed by atoms with E-state index in [4.69, 9.17) is 5.73 Å². The standard InChI is InChI=1S/C19H23N.C2H6/c1-2-7-17(15-20)13-12-16-8-6-11-19(14-16)18-9-4-3-5-10-18;1-2/h3-6,8-11,13-14H,2,7,12,15,20H2,1H3;1-2H3/b17-13-;. The highest BCUT2D eigenvalue weighted by Gasteiger charge is 1.99. The summed E-state index contributed by atoms with van der Waals surface area (Å²) in [7, 11) is 0. The molecule has 0 atom stereocenters. The van der Waals surface area contributed by atoms with E-state index in [1.165, 1.54) is 22.3 Å². The molecule has 0 bridgehead atoms. The van der Waals surface area contributed by atoms with Crippen LogP contribution >= 0.6 is 0 Å². The Balaban J connectivity index is 0.00000116. The number of allylic oxidation sites excluding steroid dienone is 1. The van der Waals surface area contributed by atoms with E-state index >= 15 is 0 Å². The minimum Gasteiger partial charge on any atom is -0.327 e. The zero-order valence-electron chi connectivity index (χ0n) is 14.2. The summed E-state index contributed by atoms with van der Waals surface area (Å²) in [4.78, 5) is 0. The van der Waals surface area contributed by atoms with E-state index in [1.807, 2.05) is 19.9 Å². The molecular formula is C21H29N. The van der Waals surface area contributed by atoms with Gasteiger partial charge in [-0.05, 0) is 29.5 Å². The van der Waals surface area contributed by atoms with Crippen LogP contribution in [0.1, 0.15) is 39.2 Å². The normalized spacial score (nSPS) is 10.8. The lowest BCUT2D eigenvalue weighted by molar-refractivity contribution is 0.867. The molecule has 0 amide bonds. The predicted octanol–water partition coefficient (Wildman–Crippen LogP) is 5.61. The predicted molar refractivity (Wildman–Crippen MR) is 99.0 cm³/mol. The van der Waals surface area contributed by atoms with E-state index in [2.05, 4.69) is 61.5 Å². The van der Waals surface area contributed by atoms with Crippen LogP contribution in [0.4, 0.5) is 0 Å². The largest absolute Gasteiger partial charge is 0.327 e. The summed E-state index contributed by atoms with van der Waals surface area (Å²) in [6, 6.07) is 19.3. The van der Waals surface area contributed by atoms with Crippen molar-refractivity contribution in [2.45, 2.75) is 40.0 Å². The SMILES string of the molecule is CC.CCC/C(=C/Cc1cccc(-c2ccccc2)c1)CN. The average molecular weight is 295 g/mol. The number of hydrogen-bond donors (Lipinski definition) is 1. The zero-order valence-corrected chi connectivity index (χ0v) is 14.2. The lowest BCUT2D eigenvalue weighted by atomic mass is 10.0. The Bertz CT molecular complexity index is 555. The van der Waals surface area contributed by atoms with Gasteiger partial charge in [0.25, 0.3) is 0 Å². The minimum atomic E-state index is 0.673. The molecule has 1 nitrogen and oxygen atoms in total. The van der Waals surface area contributed by atoms with Crippen molar-refractivity contribution in [1.82, 2.24) is 0 Å². The van der Waals surface area contributed by atoms with Gasteiger partial charge in [-0.15, -0.1) is 0 Å². The molecule has 0 heterocycles. The lowest BCUT2D eigenvalue weighted by Crippen LogP contribution is -2.03. The summed E-state index contributed by atoms with van der Waals surface area (Å²) in [6.45, 7) is 6.87. The molecule has 2 aromatic carbocycles. The third-order valence-corrected chi connectivity index (χ3v) is 3.49. The molecule has 2 aromatic rings. The van der Waals surface area contributed by atoms with Gasteiger partial charge in [-0.1, -0.05) is 93.4 Å². The average Bonchev–Trinajstić information content (AvgIpc) is 2.61. The van der Waals surface area contributed by atoms with Crippen molar-refractivity contribution >= 4 is 0 Å². The molecular weight excluding hydrogens is 266 g/mol. The second-order valence-corrected chi connectivity index (χ2v) is 5.09. The van der Waals surface area contributed by atoms with Crippen LogP contribution in [0.15, 0.2) is 66.2 Å². The number of hydrogen-bond acceptors (Lipinski definition) is 1. The Morgan fingerprint density at radius 3 is 2.27 bits per heavy atom. The fourth-order valence-corrected chi connectivity index (χ4v) is 2.38. The molecule has 0 aliphatic carbocycles. The monoisotopic (exact) mass is 295 g/mol. The molecule has 0 saturated heterocycles. The third kappa shape index (κ3) is 5.87. The van der Waals surface area contributed by atoms with Crippen molar-refractivity contribution in [3.8, 4) is 11.1 Å². The Morgan fingerprint density at radius 2 is 1.64 bits per heavy atom. The van der Waals surface area contributed by atoms with Gasteiger partial charge in [-0.3, -0.25) is 0 Å². The quantitative estimate of drug-likeness (QED) is 0.689. The van der Waals surface area contributed by atoms with Crippen molar-refractivity contribution in [2.24, 2.45) is 5.73 Å². The van der Waals surface area contributed by atoms with E-state index < -0.39 is 0 Å². The third-order valence-electron chi connectivity index (χ3n) is 3.49. The molecule has 0 radical (unpaired) electrons. The summed E-state index contributed by atoms with van der Waals surface area (Å²) in [5.74, 6) is 0. The Morgan fingerprint density at radius 1 is 0.955 bits per heavy atom. The number of rotatable bonds is 6. The fourth-order valence-electron chi connectivity index (χ4n) is 2.38. The first kappa shape index (κ1) is 18.2. The van der Waals surface area contributed by atoms with Crippen LogP contribution in [0.2, 0.25) is 0 Å². The Labute approximate surface area is 135 Å². The van der Waals surface area contributed by atoms with E-state index in [0.29, 0.717) is 6.54 Å². The van der Waals surface area contributed by atoms with Crippen molar-refractivity contribution in [1.29, 1.82) is 0 Å². The highest BCUT2D eigenvalue weighted by atomic mass is 14.5. The summed E-state index contributed by atoms with van der Waals surface area (Å²) in [5.41, 5.74) is 11.0. The van der Waals surface area contributed by atoms with E-state index in [9.17, 15) is 0 Å². The molecule has 0 aliphatic heterocycles. The van der Waals surface area contributed by atoms with Crippen molar-refractivity contribution < 1.29 is 0 Å². The van der Waals surface area contributed by atoms with Gasteiger partial charge in [0.05, 0.1) is 0 Å². The molecule has 0 aromatic heterocycles. The lowest BCUT2D eigenvalue weighted by Gasteiger charge is -2.06. The van der Waals surface area contributed by atoms with Gasteiger partial charge in [0.2, 0.25) is 0 Å². The first-order valence-corrected chi connectivity index (χ1v) is 8.35. The maximum Gasteiger partial charge on any atom is 0.0136 e. The maximum absolute atomic E-state index is 5.78. The Hall–Kier alpha value is -1.86. The van der Waals surface area contributed by atoms with Crippen LogP contribution in [0.5, 0.6) is 0 Å². The highest BCUT2D eigenvalue weighted by Crippen LogP contribution is 2.20. The van der Waals surface area contributed by atoms with Gasteiger partial charge in [-0.2, -0.15) is 0 Å². The van der Waals surface area contributed by atoms with Gasteiger partial charge in [0.1, 0.15) is 0 Å². The van der Waals surface area contributed by atoms with Crippen LogP contribution < -0.4 is 5.73 Å². The molecule has 1 heteroatoms. The number of nitrogens with two attached hydrogens (primary N) is 1. The first-order valence-electron chi connectivity index (χ1n) is 8.35. The van der Waals surface area contributed by atoms with Gasteiger partial charge in [-0.25, -0.2) is 0 Å². The molecule has 0 spiro atoms. The molecule has 2 N–H and O–H groups in total. The van der Waals surface area contributed by atoms with Gasteiger partial charge in [0.15, 0.2) is 0 Å². The van der Waals surface area contributed by atoms with Crippen LogP contribution in [0, 0.1) is 0 Å². The smallest absolute Gasteiger partial charge is 0.0136 e. The minimum absolute atomic E-state index is 0.673. The fraction of sp³-hybridized carbons (Fsp3) is 0.333. The Kier molecular flexibility index (Phi) is 8.94. The molecule has 22 heavy (non-hydrogen) atoms. The van der Waals surface area contributed by atoms with E-state index in [1.54, 1.807) is 0 Å². The van der Waals surface area contributed by atoms with Crippen molar-refractivity contribution in [3.05, 3.63) is 71.8 Å². The second kappa shape index (κ2) is 10.8. The van der Waals surface area contributed by atoms with Crippen LogP contribution in [-0.2, 0) is 6.42 Å². The summed E-state index contributed by atoms with van der Waals surface area (Å²) < 4.78 is 0. The molecule has 0 unspecified atom stereocenters. The van der Waals surface area contributed by atoms with E-state index in [0.717, 1.165) is 19.3 Å². The van der Waals surface area contributed by atoms with Gasteiger partial charge in [0, 0.05) is 6.54 Å². The van der Waals surface area contributed by atoms with Crippen molar-refractivity contribution in [3.63, 3.8) is 0 Å². The molecule has 118 valence electrons. The van der Waals surface area contributed by atoms with Crippen LogP contribution in [0.25, 0.3) is 11.1 Å². The molecule has 0 fully saturated rings. The summed E-state index contributed by atoms with van der Waals surface area (Å²) in [6.07, 6.45) is 5.52. The maximum atomic E-state index is 5.78. The molecule has 0 aliphatic rings. The highest BCUT2D eigenvalue weighted by molar-refractivity contribution is 5.64. The van der Waals surface area contributed by atoms with E-state index in [-0.39, 0.29) is 0 Å². The molecule has 2 rings (SSSR count). The summed E-state index contributed by atoms with van der Waals surface area (Å²) in [5, 5.41) is 0. The van der Waals surface area contributed by atoms with Crippen LogP contribution in [-0.4, -0.2) is 6.54 Å². The second-order valence-electron chi connectivity index (χ2n) is 5.09. The summed E-state index contributed by atoms with van der Waals surface area (Å²) >= 11 is 0.